The summed E-state index contributed by atoms with van der Waals surface area (Å²) in [7, 11) is 0. The molecular weight excluding hydrogens is 347 g/mol. The van der Waals surface area contributed by atoms with Gasteiger partial charge in [-0.25, -0.2) is 0 Å². The highest BCUT2D eigenvalue weighted by atomic mass is 19.4. The lowest BCUT2D eigenvalue weighted by Gasteiger charge is -2.20. The number of halogens is 3. The molecule has 0 N–H and O–H groups in total. The van der Waals surface area contributed by atoms with Crippen LogP contribution in [0.2, 0.25) is 0 Å². The highest BCUT2D eigenvalue weighted by Gasteiger charge is 2.55. The molecule has 2 aromatic carbocycles. The lowest BCUT2D eigenvalue weighted by molar-refractivity contribution is -0.148. The van der Waals surface area contributed by atoms with E-state index in [0.717, 1.165) is 44.5 Å². The Balaban J connectivity index is 1.40. The highest BCUT2D eigenvalue weighted by Crippen LogP contribution is 2.56. The summed E-state index contributed by atoms with van der Waals surface area (Å²) >= 11 is 0. The fraction of sp³-hybridized carbons (Fsp3) is 0.478. The van der Waals surface area contributed by atoms with Crippen molar-refractivity contribution in [3.05, 3.63) is 71.3 Å². The van der Waals surface area contributed by atoms with Gasteiger partial charge in [0.2, 0.25) is 0 Å². The zero-order valence-electron chi connectivity index (χ0n) is 15.9. The molecule has 0 bridgehead atoms. The van der Waals surface area contributed by atoms with Gasteiger partial charge in [-0.2, -0.15) is 13.2 Å². The summed E-state index contributed by atoms with van der Waals surface area (Å²) in [4.78, 5) is 2.46. The molecule has 0 radical (unpaired) electrons. The van der Waals surface area contributed by atoms with Crippen LogP contribution in [0.3, 0.4) is 0 Å². The van der Waals surface area contributed by atoms with Crippen molar-refractivity contribution in [1.82, 2.24) is 4.90 Å². The molecule has 2 atom stereocenters. The van der Waals surface area contributed by atoms with Crippen LogP contribution in [0.1, 0.15) is 42.4 Å². The topological polar surface area (TPSA) is 3.24 Å². The highest BCUT2D eigenvalue weighted by molar-refractivity contribution is 5.30. The molecule has 0 aliphatic heterocycles. The first kappa shape index (κ1) is 19.9. The minimum Gasteiger partial charge on any atom is -0.303 e. The average molecular weight is 375 g/mol. The number of aryl methyl sites for hydroxylation is 1. The van der Waals surface area contributed by atoms with Crippen molar-refractivity contribution < 1.29 is 13.2 Å². The molecule has 1 fully saturated rings. The number of benzene rings is 2. The molecule has 2 unspecified atom stereocenters. The number of alkyl halides is 3. The van der Waals surface area contributed by atoms with Gasteiger partial charge in [-0.15, -0.1) is 0 Å². The van der Waals surface area contributed by atoms with E-state index >= 15 is 0 Å². The van der Waals surface area contributed by atoms with Gasteiger partial charge >= 0.3 is 6.18 Å². The Morgan fingerprint density at radius 1 is 0.889 bits per heavy atom. The van der Waals surface area contributed by atoms with Crippen molar-refractivity contribution in [1.29, 1.82) is 0 Å². The normalized spacial score (nSPS) is 19.4. The molecule has 0 saturated heterocycles. The van der Waals surface area contributed by atoms with Crippen LogP contribution in [0.5, 0.6) is 0 Å². The van der Waals surface area contributed by atoms with E-state index in [2.05, 4.69) is 36.1 Å². The zero-order chi connectivity index (χ0) is 19.3. The third-order valence-corrected chi connectivity index (χ3v) is 5.57. The molecule has 1 aliphatic carbocycles. The van der Waals surface area contributed by atoms with Crippen molar-refractivity contribution in [2.45, 2.75) is 44.7 Å². The number of rotatable bonds is 9. The summed E-state index contributed by atoms with van der Waals surface area (Å²) in [5.41, 5.74) is 3.41. The second kappa shape index (κ2) is 8.92. The van der Waals surface area contributed by atoms with Crippen LogP contribution in [-0.2, 0) is 12.8 Å². The summed E-state index contributed by atoms with van der Waals surface area (Å²) in [5.74, 6) is -1.46. The Morgan fingerprint density at radius 3 is 2.15 bits per heavy atom. The largest absolute Gasteiger partial charge is 0.392 e. The number of hydrogen-bond acceptors (Lipinski definition) is 1. The van der Waals surface area contributed by atoms with Gasteiger partial charge in [0.1, 0.15) is 0 Å². The van der Waals surface area contributed by atoms with Crippen LogP contribution in [-0.4, -0.2) is 30.7 Å². The average Bonchev–Trinajstić information content (AvgIpc) is 3.47. The van der Waals surface area contributed by atoms with E-state index in [-0.39, 0.29) is 12.3 Å². The van der Waals surface area contributed by atoms with Gasteiger partial charge in [0.05, 0.1) is 5.92 Å². The summed E-state index contributed by atoms with van der Waals surface area (Å²) in [5, 5.41) is 0. The molecule has 1 saturated carbocycles. The first-order chi connectivity index (χ1) is 13.0. The second-order valence-electron chi connectivity index (χ2n) is 7.51. The van der Waals surface area contributed by atoms with E-state index in [1.807, 2.05) is 30.3 Å². The van der Waals surface area contributed by atoms with Crippen molar-refractivity contribution >= 4 is 0 Å². The fourth-order valence-corrected chi connectivity index (χ4v) is 3.72. The summed E-state index contributed by atoms with van der Waals surface area (Å²) in [6.45, 7) is 5.32. The van der Waals surface area contributed by atoms with E-state index in [1.54, 1.807) is 0 Å². The third kappa shape index (κ3) is 5.83. The van der Waals surface area contributed by atoms with Gasteiger partial charge in [0.25, 0.3) is 0 Å². The third-order valence-electron chi connectivity index (χ3n) is 5.57. The standard InChI is InChI=1S/C23H28F3N/c1-2-27(16-14-18-7-4-3-5-8-18)15-6-9-19-10-12-20(13-11-19)21-17-22(21)23(24,25)26/h3-5,7-8,10-13,21-22H,2,6,9,14-17H2,1H3. The SMILES string of the molecule is CCN(CCCc1ccc(C2CC2C(F)(F)F)cc1)CCc1ccccc1. The first-order valence-corrected chi connectivity index (χ1v) is 9.89. The van der Waals surface area contributed by atoms with Crippen LogP contribution in [0.25, 0.3) is 0 Å². The number of likely N-dealkylation sites (N-methyl/N-ethyl adjacent to an activating group) is 1. The minimum absolute atomic E-state index is 0.246. The van der Waals surface area contributed by atoms with Crippen molar-refractivity contribution in [2.75, 3.05) is 19.6 Å². The molecule has 4 heteroatoms. The van der Waals surface area contributed by atoms with Gasteiger partial charge < -0.3 is 4.90 Å². The van der Waals surface area contributed by atoms with E-state index in [1.165, 1.54) is 11.1 Å². The molecular formula is C23H28F3N. The Bertz CT molecular complexity index is 694. The van der Waals surface area contributed by atoms with Crippen molar-refractivity contribution in [2.24, 2.45) is 5.92 Å². The first-order valence-electron chi connectivity index (χ1n) is 9.89. The molecule has 0 aromatic heterocycles. The molecule has 3 rings (SSSR count). The maximum Gasteiger partial charge on any atom is 0.392 e. The van der Waals surface area contributed by atoms with Crippen LogP contribution in [0, 0.1) is 5.92 Å². The van der Waals surface area contributed by atoms with Crippen LogP contribution >= 0.6 is 0 Å². The predicted molar refractivity (Wildman–Crippen MR) is 104 cm³/mol. The summed E-state index contributed by atoms with van der Waals surface area (Å²) in [6, 6.07) is 18.3. The maximum absolute atomic E-state index is 12.7. The van der Waals surface area contributed by atoms with Crippen molar-refractivity contribution in [3.8, 4) is 0 Å². The quantitative estimate of drug-likeness (QED) is 0.531. The molecule has 2 aromatic rings. The van der Waals surface area contributed by atoms with Crippen LogP contribution in [0.15, 0.2) is 54.6 Å². The van der Waals surface area contributed by atoms with Gasteiger partial charge in [-0.3, -0.25) is 0 Å². The van der Waals surface area contributed by atoms with Crippen molar-refractivity contribution in [3.63, 3.8) is 0 Å². The Labute approximate surface area is 160 Å². The fourth-order valence-electron chi connectivity index (χ4n) is 3.72. The van der Waals surface area contributed by atoms with Gasteiger partial charge in [-0.1, -0.05) is 61.5 Å². The number of nitrogens with zero attached hydrogens (tertiary/aromatic N) is 1. The second-order valence-corrected chi connectivity index (χ2v) is 7.51. The molecule has 0 heterocycles. The van der Waals surface area contributed by atoms with Crippen LogP contribution in [0.4, 0.5) is 13.2 Å². The zero-order valence-corrected chi connectivity index (χ0v) is 15.9. The molecule has 1 aliphatic rings. The van der Waals surface area contributed by atoms with E-state index in [0.29, 0.717) is 0 Å². The Hall–Kier alpha value is -1.81. The Morgan fingerprint density at radius 2 is 1.56 bits per heavy atom. The Kier molecular flexibility index (Phi) is 6.59. The number of hydrogen-bond donors (Lipinski definition) is 0. The lowest BCUT2D eigenvalue weighted by Crippen LogP contribution is -2.27. The molecule has 27 heavy (non-hydrogen) atoms. The molecule has 0 spiro atoms. The monoisotopic (exact) mass is 375 g/mol. The van der Waals surface area contributed by atoms with Gasteiger partial charge in [0.15, 0.2) is 0 Å². The smallest absolute Gasteiger partial charge is 0.303 e. The van der Waals surface area contributed by atoms with E-state index in [9.17, 15) is 13.2 Å². The molecule has 1 nitrogen and oxygen atoms in total. The lowest BCUT2D eigenvalue weighted by atomic mass is 10.0. The van der Waals surface area contributed by atoms with E-state index in [4.69, 9.17) is 0 Å². The van der Waals surface area contributed by atoms with Gasteiger partial charge in [-0.05, 0) is 61.4 Å². The molecule has 146 valence electrons. The minimum atomic E-state index is -4.05. The molecule has 0 amide bonds. The predicted octanol–water partition coefficient (Wildman–Crippen LogP) is 5.85. The summed E-state index contributed by atoms with van der Waals surface area (Å²) in [6.07, 6.45) is -0.709. The summed E-state index contributed by atoms with van der Waals surface area (Å²) < 4.78 is 38.1. The van der Waals surface area contributed by atoms with Gasteiger partial charge in [0, 0.05) is 6.54 Å². The van der Waals surface area contributed by atoms with E-state index < -0.39 is 12.1 Å². The van der Waals surface area contributed by atoms with Crippen LogP contribution < -0.4 is 0 Å². The maximum atomic E-state index is 12.7.